The summed E-state index contributed by atoms with van der Waals surface area (Å²) in [7, 11) is 2.93. The number of anilines is 2. The van der Waals surface area contributed by atoms with Gasteiger partial charge in [-0.3, -0.25) is 0 Å². The van der Waals surface area contributed by atoms with E-state index in [1.54, 1.807) is 25.4 Å². The van der Waals surface area contributed by atoms with E-state index < -0.39 is 5.97 Å². The number of pyridine rings is 1. The Morgan fingerprint density at radius 3 is 2.75 bits per heavy atom. The lowest BCUT2D eigenvalue weighted by atomic mass is 10.2. The molecule has 0 unspecified atom stereocenters. The van der Waals surface area contributed by atoms with Crippen LogP contribution in [0.2, 0.25) is 0 Å². The normalized spacial score (nSPS) is 9.95. The molecule has 0 spiro atoms. The van der Waals surface area contributed by atoms with Crippen molar-refractivity contribution in [3.05, 3.63) is 46.6 Å². The fourth-order valence-electron chi connectivity index (χ4n) is 1.66. The largest absolute Gasteiger partial charge is 0.495 e. The molecule has 104 valence electrons. The lowest BCUT2D eigenvalue weighted by Crippen LogP contribution is -2.03. The van der Waals surface area contributed by atoms with Gasteiger partial charge in [0, 0.05) is 10.7 Å². The van der Waals surface area contributed by atoms with Gasteiger partial charge in [-0.2, -0.15) is 0 Å². The smallest absolute Gasteiger partial charge is 0.338 e. The first-order chi connectivity index (χ1) is 9.63. The van der Waals surface area contributed by atoms with Crippen LogP contribution in [0.4, 0.5) is 11.5 Å². The summed E-state index contributed by atoms with van der Waals surface area (Å²) in [5.74, 6) is 0.805. The number of nitrogens with zero attached hydrogens (tertiary/aromatic N) is 1. The monoisotopic (exact) mass is 336 g/mol. The molecular weight excluding hydrogens is 324 g/mol. The van der Waals surface area contributed by atoms with Crippen LogP contribution in [0.3, 0.4) is 0 Å². The molecule has 0 bridgehead atoms. The Morgan fingerprint density at radius 1 is 1.25 bits per heavy atom. The van der Waals surface area contributed by atoms with Gasteiger partial charge in [0.05, 0.1) is 25.5 Å². The van der Waals surface area contributed by atoms with Crippen LogP contribution in [0.5, 0.6) is 5.75 Å². The van der Waals surface area contributed by atoms with E-state index in [0.717, 1.165) is 10.2 Å². The molecule has 0 saturated heterocycles. The second kappa shape index (κ2) is 6.38. The number of carbonyl (C=O) groups is 1. The quantitative estimate of drug-likeness (QED) is 0.867. The maximum absolute atomic E-state index is 11.5. The maximum atomic E-state index is 11.5. The summed E-state index contributed by atoms with van der Waals surface area (Å²) >= 11 is 3.40. The van der Waals surface area contributed by atoms with Crippen molar-refractivity contribution in [2.24, 2.45) is 0 Å². The summed E-state index contributed by atoms with van der Waals surface area (Å²) in [4.78, 5) is 15.7. The number of hydrogen-bond donors (Lipinski definition) is 1. The van der Waals surface area contributed by atoms with Crippen molar-refractivity contribution in [2.45, 2.75) is 0 Å². The molecular formula is C14H13BrN2O3. The predicted octanol–water partition coefficient (Wildman–Crippen LogP) is 3.38. The average Bonchev–Trinajstić information content (AvgIpc) is 2.47. The minimum Gasteiger partial charge on any atom is -0.495 e. The molecule has 0 saturated carbocycles. The average molecular weight is 337 g/mol. The number of benzene rings is 1. The number of methoxy groups -OCH3 is 2. The zero-order valence-electron chi connectivity index (χ0n) is 11.0. The third-order valence-electron chi connectivity index (χ3n) is 2.61. The number of nitrogens with one attached hydrogen (secondary N) is 1. The van der Waals surface area contributed by atoms with Gasteiger partial charge < -0.3 is 14.8 Å². The van der Waals surface area contributed by atoms with Gasteiger partial charge in [-0.25, -0.2) is 9.78 Å². The fraction of sp³-hybridized carbons (Fsp3) is 0.143. The summed E-state index contributed by atoms with van der Waals surface area (Å²) in [5.41, 5.74) is 1.18. The number of carbonyl (C=O) groups excluding carboxylic acids is 1. The van der Waals surface area contributed by atoms with E-state index in [2.05, 4.69) is 31.0 Å². The number of aromatic nitrogens is 1. The highest BCUT2D eigenvalue weighted by atomic mass is 79.9. The van der Waals surface area contributed by atoms with Gasteiger partial charge in [0.2, 0.25) is 0 Å². The van der Waals surface area contributed by atoms with Gasteiger partial charge in [-0.15, -0.1) is 0 Å². The van der Waals surface area contributed by atoms with E-state index in [4.69, 9.17) is 4.74 Å². The first kappa shape index (κ1) is 14.3. The minimum atomic E-state index is -0.406. The Labute approximate surface area is 125 Å². The van der Waals surface area contributed by atoms with Crippen molar-refractivity contribution in [1.82, 2.24) is 4.98 Å². The molecule has 1 aromatic heterocycles. The molecule has 0 aliphatic heterocycles. The van der Waals surface area contributed by atoms with E-state index >= 15 is 0 Å². The molecule has 0 atom stereocenters. The van der Waals surface area contributed by atoms with Crippen molar-refractivity contribution in [1.29, 1.82) is 0 Å². The van der Waals surface area contributed by atoms with E-state index in [9.17, 15) is 4.79 Å². The predicted molar refractivity (Wildman–Crippen MR) is 79.6 cm³/mol. The highest BCUT2D eigenvalue weighted by Crippen LogP contribution is 2.30. The van der Waals surface area contributed by atoms with Crippen LogP contribution < -0.4 is 10.1 Å². The zero-order chi connectivity index (χ0) is 14.5. The van der Waals surface area contributed by atoms with Crippen molar-refractivity contribution >= 4 is 33.4 Å². The van der Waals surface area contributed by atoms with Gasteiger partial charge in [0.15, 0.2) is 0 Å². The Bertz CT molecular complexity index is 632. The standard InChI is InChI=1S/C14H13BrN2O3/c1-19-12-4-3-10(15)8-11(12)17-13-7-9(5-6-16-13)14(18)20-2/h3-8H,1-2H3,(H,16,17). The molecule has 1 heterocycles. The Morgan fingerprint density at radius 2 is 2.05 bits per heavy atom. The molecule has 0 amide bonds. The van der Waals surface area contributed by atoms with Crippen LogP contribution in [-0.4, -0.2) is 25.2 Å². The molecule has 2 aromatic rings. The number of esters is 1. The minimum absolute atomic E-state index is 0.406. The topological polar surface area (TPSA) is 60.5 Å². The number of hydrogen-bond acceptors (Lipinski definition) is 5. The van der Waals surface area contributed by atoms with Gasteiger partial charge in [0.25, 0.3) is 0 Å². The molecule has 0 fully saturated rings. The molecule has 0 aliphatic rings. The molecule has 6 heteroatoms. The lowest BCUT2D eigenvalue weighted by Gasteiger charge is -2.11. The second-order valence-electron chi connectivity index (χ2n) is 3.89. The molecule has 20 heavy (non-hydrogen) atoms. The number of halogens is 1. The summed E-state index contributed by atoms with van der Waals surface area (Å²) in [6, 6.07) is 8.78. The third kappa shape index (κ3) is 3.27. The van der Waals surface area contributed by atoms with Crippen molar-refractivity contribution in [3.8, 4) is 5.75 Å². The highest BCUT2D eigenvalue weighted by Gasteiger charge is 2.09. The van der Waals surface area contributed by atoms with Crippen LogP contribution in [-0.2, 0) is 4.74 Å². The van der Waals surface area contributed by atoms with Crippen molar-refractivity contribution in [3.63, 3.8) is 0 Å². The van der Waals surface area contributed by atoms with E-state index in [1.165, 1.54) is 7.11 Å². The van der Waals surface area contributed by atoms with Crippen molar-refractivity contribution < 1.29 is 14.3 Å². The highest BCUT2D eigenvalue weighted by molar-refractivity contribution is 9.10. The molecule has 5 nitrogen and oxygen atoms in total. The first-order valence-corrected chi connectivity index (χ1v) is 6.58. The van der Waals surface area contributed by atoms with Gasteiger partial charge in [-0.1, -0.05) is 15.9 Å². The Hall–Kier alpha value is -2.08. The molecule has 1 N–H and O–H groups in total. The van der Waals surface area contributed by atoms with E-state index in [-0.39, 0.29) is 0 Å². The summed E-state index contributed by atoms with van der Waals surface area (Å²) in [6.45, 7) is 0. The summed E-state index contributed by atoms with van der Waals surface area (Å²) in [6.07, 6.45) is 1.54. The van der Waals surface area contributed by atoms with Crippen molar-refractivity contribution in [2.75, 3.05) is 19.5 Å². The Kier molecular flexibility index (Phi) is 4.57. The SMILES string of the molecule is COC(=O)c1ccnc(Nc2cc(Br)ccc2OC)c1. The number of ether oxygens (including phenoxy) is 2. The second-order valence-corrected chi connectivity index (χ2v) is 4.81. The van der Waals surface area contributed by atoms with E-state index in [0.29, 0.717) is 17.1 Å². The fourth-order valence-corrected chi connectivity index (χ4v) is 2.02. The van der Waals surface area contributed by atoms with Crippen LogP contribution >= 0.6 is 15.9 Å². The van der Waals surface area contributed by atoms with Crippen LogP contribution in [0.25, 0.3) is 0 Å². The molecule has 0 radical (unpaired) electrons. The molecule has 0 aliphatic carbocycles. The zero-order valence-corrected chi connectivity index (χ0v) is 12.6. The Balaban J connectivity index is 2.30. The molecule has 1 aromatic carbocycles. The van der Waals surface area contributed by atoms with Crippen LogP contribution in [0, 0.1) is 0 Å². The lowest BCUT2D eigenvalue weighted by molar-refractivity contribution is 0.0600. The summed E-state index contributed by atoms with van der Waals surface area (Å²) in [5, 5.41) is 3.11. The van der Waals surface area contributed by atoms with Gasteiger partial charge in [-0.05, 0) is 30.3 Å². The first-order valence-electron chi connectivity index (χ1n) is 5.79. The third-order valence-corrected chi connectivity index (χ3v) is 3.10. The maximum Gasteiger partial charge on any atom is 0.338 e. The van der Waals surface area contributed by atoms with Crippen LogP contribution in [0.1, 0.15) is 10.4 Å². The summed E-state index contributed by atoms with van der Waals surface area (Å²) < 4.78 is 10.9. The van der Waals surface area contributed by atoms with Gasteiger partial charge >= 0.3 is 5.97 Å². The van der Waals surface area contributed by atoms with Crippen LogP contribution in [0.15, 0.2) is 41.0 Å². The number of rotatable bonds is 4. The van der Waals surface area contributed by atoms with Gasteiger partial charge in [0.1, 0.15) is 11.6 Å². The van der Waals surface area contributed by atoms with E-state index in [1.807, 2.05) is 18.2 Å². The molecule has 2 rings (SSSR count).